The van der Waals surface area contributed by atoms with E-state index in [0.717, 1.165) is 6.34 Å². The van der Waals surface area contributed by atoms with Crippen molar-refractivity contribution in [2.45, 2.75) is 44.7 Å². The monoisotopic (exact) mass is 382 g/mol. The number of aromatic amines is 1. The van der Waals surface area contributed by atoms with Crippen molar-refractivity contribution in [2.75, 3.05) is 13.2 Å². The molecule has 6 N–H and O–H groups in total. The Morgan fingerprint density at radius 1 is 1.52 bits per heavy atom. The van der Waals surface area contributed by atoms with Crippen LogP contribution in [-0.4, -0.2) is 69.6 Å². The van der Waals surface area contributed by atoms with Crippen LogP contribution in [0.1, 0.15) is 38.3 Å². The molecule has 150 valence electrons. The van der Waals surface area contributed by atoms with Crippen LogP contribution < -0.4 is 5.32 Å². The van der Waals surface area contributed by atoms with Gasteiger partial charge in [-0.25, -0.2) is 9.79 Å². The van der Waals surface area contributed by atoms with Gasteiger partial charge in [0.05, 0.1) is 18.9 Å². The van der Waals surface area contributed by atoms with E-state index in [2.05, 4.69) is 15.3 Å². The van der Waals surface area contributed by atoms with Crippen molar-refractivity contribution in [3.8, 4) is 0 Å². The summed E-state index contributed by atoms with van der Waals surface area (Å²) in [5, 5.41) is 39.4. The number of carbonyl (C=O) groups is 1. The fraction of sp³-hybridized carbons (Fsp3) is 0.588. The van der Waals surface area contributed by atoms with Gasteiger partial charge in [0.15, 0.2) is 5.84 Å². The molecule has 0 spiro atoms. The van der Waals surface area contributed by atoms with Gasteiger partial charge >= 0.3 is 6.09 Å². The smallest absolute Gasteiger partial charge is 0.412 e. The summed E-state index contributed by atoms with van der Waals surface area (Å²) in [6.07, 6.45) is -3.36. The molecule has 1 amide bonds. The number of ether oxygens (including phenoxy) is 2. The lowest BCUT2D eigenvalue weighted by molar-refractivity contribution is -0.100. The second kappa shape index (κ2) is 8.61. The van der Waals surface area contributed by atoms with Crippen LogP contribution in [-0.2, 0) is 9.47 Å². The standard InChI is InChI=1S/C17H26N4O6/c1-9(2)6-26-16(25)21-15(19-8-18)11-5-4-10(20-11)13-12(23)14(24)17(3,7-22)27-13/h4-5,8-9,12-14,20,22-24H,6-7H2,1-3H3,(H2,18,19,21,25)/t12-,13-,14-,17+/m0/s1. The lowest BCUT2D eigenvalue weighted by Crippen LogP contribution is -2.43. The Hall–Kier alpha value is -2.27. The molecule has 1 aliphatic heterocycles. The Bertz CT molecular complexity index is 703. The zero-order chi connectivity index (χ0) is 20.2. The normalized spacial score (nSPS) is 28.4. The average molecular weight is 382 g/mol. The molecule has 1 aromatic heterocycles. The molecule has 0 aliphatic carbocycles. The van der Waals surface area contributed by atoms with Crippen molar-refractivity contribution < 1.29 is 29.6 Å². The minimum Gasteiger partial charge on any atom is -0.449 e. The van der Waals surface area contributed by atoms with Crippen LogP contribution in [0.2, 0.25) is 0 Å². The number of rotatable bonds is 6. The molecule has 0 saturated carbocycles. The number of alkyl carbamates (subject to hydrolysis) is 1. The summed E-state index contributed by atoms with van der Waals surface area (Å²) in [6.45, 7) is 5.08. The Balaban J connectivity index is 2.15. The molecule has 2 heterocycles. The Kier molecular flexibility index (Phi) is 6.71. The fourth-order valence-electron chi connectivity index (χ4n) is 2.66. The summed E-state index contributed by atoms with van der Waals surface area (Å²) in [7, 11) is 0. The van der Waals surface area contributed by atoms with Crippen LogP contribution in [0.3, 0.4) is 0 Å². The van der Waals surface area contributed by atoms with E-state index >= 15 is 0 Å². The molecular weight excluding hydrogens is 356 g/mol. The highest BCUT2D eigenvalue weighted by Gasteiger charge is 2.51. The summed E-state index contributed by atoms with van der Waals surface area (Å²) < 4.78 is 10.7. The van der Waals surface area contributed by atoms with Crippen LogP contribution in [0.25, 0.3) is 0 Å². The highest BCUT2D eigenvalue weighted by molar-refractivity contribution is 6.07. The molecular formula is C17H26N4O6. The molecule has 1 fully saturated rings. The number of aliphatic hydroxyl groups excluding tert-OH is 3. The first-order chi connectivity index (χ1) is 12.7. The van der Waals surface area contributed by atoms with Crippen LogP contribution >= 0.6 is 0 Å². The predicted molar refractivity (Wildman–Crippen MR) is 96.8 cm³/mol. The Labute approximate surface area is 156 Å². The highest BCUT2D eigenvalue weighted by atomic mass is 16.6. The third-order valence-electron chi connectivity index (χ3n) is 4.20. The number of aliphatic imine (C=N–C) groups is 1. The van der Waals surface area contributed by atoms with E-state index in [1.165, 1.54) is 6.92 Å². The van der Waals surface area contributed by atoms with Gasteiger partial charge in [-0.1, -0.05) is 13.8 Å². The van der Waals surface area contributed by atoms with Gasteiger partial charge in [-0.3, -0.25) is 10.7 Å². The molecule has 4 atom stereocenters. The van der Waals surface area contributed by atoms with Crippen molar-refractivity contribution in [3.05, 3.63) is 23.5 Å². The van der Waals surface area contributed by atoms with Crippen LogP contribution in [0.15, 0.2) is 17.1 Å². The summed E-state index contributed by atoms with van der Waals surface area (Å²) in [5.41, 5.74) is -0.512. The summed E-state index contributed by atoms with van der Waals surface area (Å²) >= 11 is 0. The fourth-order valence-corrected chi connectivity index (χ4v) is 2.66. The molecule has 0 bridgehead atoms. The Morgan fingerprint density at radius 2 is 2.22 bits per heavy atom. The molecule has 0 aromatic carbocycles. The van der Waals surface area contributed by atoms with Gasteiger partial charge in [0.2, 0.25) is 0 Å². The van der Waals surface area contributed by atoms with E-state index in [-0.39, 0.29) is 18.4 Å². The van der Waals surface area contributed by atoms with E-state index in [4.69, 9.17) is 14.9 Å². The summed E-state index contributed by atoms with van der Waals surface area (Å²) in [4.78, 5) is 18.6. The molecule has 1 saturated heterocycles. The number of amides is 1. The molecule has 1 aromatic rings. The minimum absolute atomic E-state index is 0.0583. The maximum atomic E-state index is 11.9. The average Bonchev–Trinajstić information content (AvgIpc) is 3.19. The third-order valence-corrected chi connectivity index (χ3v) is 4.20. The number of aliphatic hydroxyl groups is 3. The van der Waals surface area contributed by atoms with Crippen LogP contribution in [0.5, 0.6) is 0 Å². The number of H-pyrrole nitrogens is 1. The van der Waals surface area contributed by atoms with E-state index in [1.807, 2.05) is 13.8 Å². The molecule has 1 aliphatic rings. The predicted octanol–water partition coefficient (Wildman–Crippen LogP) is 0.295. The zero-order valence-electron chi connectivity index (χ0n) is 15.5. The molecule has 10 heteroatoms. The minimum atomic E-state index is -1.29. The van der Waals surface area contributed by atoms with Crippen molar-refractivity contribution in [3.63, 3.8) is 0 Å². The van der Waals surface area contributed by atoms with Crippen LogP contribution in [0.4, 0.5) is 4.79 Å². The molecule has 10 nitrogen and oxygen atoms in total. The number of nitrogens with one attached hydrogen (secondary N) is 3. The van der Waals surface area contributed by atoms with Gasteiger partial charge in [0.25, 0.3) is 0 Å². The second-order valence-electron chi connectivity index (χ2n) is 7.00. The first kappa shape index (κ1) is 21.0. The van der Waals surface area contributed by atoms with Gasteiger partial charge in [-0.05, 0) is 25.0 Å². The Morgan fingerprint density at radius 3 is 2.78 bits per heavy atom. The SMILES string of the molecule is CC(C)COC(=O)N/C(=N/C=N)c1ccc([C@@H]2O[C@](C)(CO)[C@@H](O)[C@H]2O)[nH]1. The van der Waals surface area contributed by atoms with Crippen molar-refractivity contribution >= 4 is 18.3 Å². The molecule has 27 heavy (non-hydrogen) atoms. The highest BCUT2D eigenvalue weighted by Crippen LogP contribution is 2.39. The summed E-state index contributed by atoms with van der Waals surface area (Å²) in [5.74, 6) is 0.229. The lowest BCUT2D eigenvalue weighted by atomic mass is 9.97. The van der Waals surface area contributed by atoms with E-state index in [1.54, 1.807) is 12.1 Å². The maximum Gasteiger partial charge on any atom is 0.412 e. The van der Waals surface area contributed by atoms with Crippen LogP contribution in [0, 0.1) is 11.3 Å². The van der Waals surface area contributed by atoms with Crippen molar-refractivity contribution in [1.29, 1.82) is 5.41 Å². The lowest BCUT2D eigenvalue weighted by Gasteiger charge is -2.24. The van der Waals surface area contributed by atoms with Gasteiger partial charge in [0.1, 0.15) is 30.3 Å². The van der Waals surface area contributed by atoms with Gasteiger partial charge in [-0.15, -0.1) is 0 Å². The van der Waals surface area contributed by atoms with E-state index in [9.17, 15) is 20.1 Å². The number of nitrogens with zero attached hydrogens (tertiary/aromatic N) is 1. The number of aromatic nitrogens is 1. The van der Waals surface area contributed by atoms with E-state index < -0.39 is 36.6 Å². The molecule has 0 radical (unpaired) electrons. The van der Waals surface area contributed by atoms with Gasteiger partial charge in [-0.2, -0.15) is 0 Å². The van der Waals surface area contributed by atoms with Crippen molar-refractivity contribution in [2.24, 2.45) is 10.9 Å². The first-order valence-corrected chi connectivity index (χ1v) is 8.56. The van der Waals surface area contributed by atoms with E-state index in [0.29, 0.717) is 11.4 Å². The topological polar surface area (TPSA) is 160 Å². The third kappa shape index (κ3) is 4.72. The first-order valence-electron chi connectivity index (χ1n) is 8.56. The second-order valence-corrected chi connectivity index (χ2v) is 7.00. The summed E-state index contributed by atoms with van der Waals surface area (Å²) in [6, 6.07) is 3.18. The van der Waals surface area contributed by atoms with Gasteiger partial charge in [0, 0.05) is 5.69 Å². The zero-order valence-corrected chi connectivity index (χ0v) is 15.5. The molecule has 2 rings (SSSR count). The largest absolute Gasteiger partial charge is 0.449 e. The van der Waals surface area contributed by atoms with Crippen molar-refractivity contribution in [1.82, 2.24) is 10.3 Å². The number of carbonyl (C=O) groups excluding carboxylic acids is 1. The number of hydrogen-bond donors (Lipinski definition) is 6. The quantitative estimate of drug-likeness (QED) is 0.306. The number of hydrogen-bond acceptors (Lipinski definition) is 7. The van der Waals surface area contributed by atoms with Gasteiger partial charge < -0.3 is 29.8 Å². The maximum absolute atomic E-state index is 11.9. The molecule has 0 unspecified atom stereocenters. The number of amidine groups is 1.